The molecule has 1 saturated heterocycles. The van der Waals surface area contributed by atoms with Gasteiger partial charge in [-0.25, -0.2) is 0 Å². The van der Waals surface area contributed by atoms with Crippen LogP contribution < -0.4 is 5.32 Å². The summed E-state index contributed by atoms with van der Waals surface area (Å²) < 4.78 is 0. The Kier molecular flexibility index (Phi) is 5.22. The molecule has 28 heavy (non-hydrogen) atoms. The smallest absolute Gasteiger partial charge is 0.236 e. The normalized spacial score (nSPS) is 19.9. The lowest BCUT2D eigenvalue weighted by atomic mass is 9.92. The molecule has 1 aliphatic heterocycles. The summed E-state index contributed by atoms with van der Waals surface area (Å²) in [7, 11) is 0. The van der Waals surface area contributed by atoms with Crippen molar-refractivity contribution in [1.29, 1.82) is 0 Å². The second-order valence-electron chi connectivity index (χ2n) is 7.03. The maximum absolute atomic E-state index is 13.5. The zero-order chi connectivity index (χ0) is 19.5. The predicted octanol–water partition coefficient (Wildman–Crippen LogP) is 4.99. The summed E-state index contributed by atoms with van der Waals surface area (Å²) in [6.45, 7) is 1.94. The molecule has 0 aliphatic carbocycles. The van der Waals surface area contributed by atoms with Crippen molar-refractivity contribution in [3.8, 4) is 0 Å². The van der Waals surface area contributed by atoms with E-state index < -0.39 is 0 Å². The minimum absolute atomic E-state index is 0.0102. The van der Waals surface area contributed by atoms with Gasteiger partial charge in [0.25, 0.3) is 0 Å². The van der Waals surface area contributed by atoms with Gasteiger partial charge in [0.1, 0.15) is 0 Å². The van der Waals surface area contributed by atoms with E-state index in [1.54, 1.807) is 4.90 Å². The fourth-order valence-electron chi connectivity index (χ4n) is 3.80. The Balaban J connectivity index is 1.74. The second kappa shape index (κ2) is 7.95. The average Bonchev–Trinajstić information content (AvgIpc) is 3.11. The van der Waals surface area contributed by atoms with Gasteiger partial charge in [-0.2, -0.15) is 0 Å². The molecule has 1 fully saturated rings. The van der Waals surface area contributed by atoms with Crippen molar-refractivity contribution in [2.24, 2.45) is 0 Å². The van der Waals surface area contributed by atoms with Gasteiger partial charge < -0.3 is 5.32 Å². The average molecular weight is 387 g/mol. The van der Waals surface area contributed by atoms with Crippen LogP contribution in [0, 0.1) is 0 Å². The number of benzene rings is 3. The summed E-state index contributed by atoms with van der Waals surface area (Å²) >= 11 is 5.63. The molecule has 0 unspecified atom stereocenters. The third-order valence-corrected chi connectivity index (χ3v) is 5.61. The van der Waals surface area contributed by atoms with Gasteiger partial charge in [-0.3, -0.25) is 9.69 Å². The Morgan fingerprint density at radius 1 is 0.857 bits per heavy atom. The molecule has 0 radical (unpaired) electrons. The van der Waals surface area contributed by atoms with Crippen molar-refractivity contribution in [1.82, 2.24) is 10.2 Å². The number of rotatable bonds is 4. The van der Waals surface area contributed by atoms with Crippen LogP contribution in [0.15, 0.2) is 91.0 Å². The first-order valence-electron chi connectivity index (χ1n) is 9.45. The van der Waals surface area contributed by atoms with Crippen LogP contribution in [0.5, 0.6) is 0 Å². The SMILES string of the molecule is C[C@@H](C(=O)N1C(=S)N[C@H](c2ccccc2)[C@@H]1c1ccccc1)c1ccccc1. The van der Waals surface area contributed by atoms with Gasteiger partial charge in [-0.15, -0.1) is 0 Å². The molecule has 1 aliphatic rings. The van der Waals surface area contributed by atoms with Crippen LogP contribution in [0.3, 0.4) is 0 Å². The Bertz CT molecular complexity index is 960. The molecule has 1 N–H and O–H groups in total. The summed E-state index contributed by atoms with van der Waals surface area (Å²) in [5.41, 5.74) is 3.17. The highest BCUT2D eigenvalue weighted by Crippen LogP contribution is 2.40. The van der Waals surface area contributed by atoms with E-state index in [4.69, 9.17) is 12.2 Å². The molecule has 4 heteroatoms. The maximum Gasteiger partial charge on any atom is 0.236 e. The molecule has 3 atom stereocenters. The number of amides is 1. The molecule has 140 valence electrons. The Morgan fingerprint density at radius 3 is 1.93 bits per heavy atom. The van der Waals surface area contributed by atoms with E-state index in [0.717, 1.165) is 16.7 Å². The molecule has 1 heterocycles. The Hall–Kier alpha value is -2.98. The first-order chi connectivity index (χ1) is 13.7. The van der Waals surface area contributed by atoms with Gasteiger partial charge in [0.05, 0.1) is 18.0 Å². The van der Waals surface area contributed by atoms with Crippen LogP contribution >= 0.6 is 12.2 Å². The Morgan fingerprint density at radius 2 is 1.36 bits per heavy atom. The van der Waals surface area contributed by atoms with Crippen LogP contribution in [-0.2, 0) is 4.79 Å². The number of hydrogen-bond acceptors (Lipinski definition) is 2. The van der Waals surface area contributed by atoms with Crippen LogP contribution in [-0.4, -0.2) is 15.9 Å². The predicted molar refractivity (Wildman–Crippen MR) is 116 cm³/mol. The van der Waals surface area contributed by atoms with Gasteiger partial charge >= 0.3 is 0 Å². The second-order valence-corrected chi connectivity index (χ2v) is 7.42. The van der Waals surface area contributed by atoms with Crippen molar-refractivity contribution >= 4 is 23.2 Å². The van der Waals surface area contributed by atoms with Gasteiger partial charge in [0, 0.05) is 0 Å². The van der Waals surface area contributed by atoms with E-state index in [-0.39, 0.29) is 23.9 Å². The molecule has 0 saturated carbocycles. The highest BCUT2D eigenvalue weighted by molar-refractivity contribution is 7.80. The molecule has 3 aromatic rings. The van der Waals surface area contributed by atoms with E-state index in [2.05, 4.69) is 29.6 Å². The van der Waals surface area contributed by atoms with Crippen LogP contribution in [0.4, 0.5) is 0 Å². The summed E-state index contributed by atoms with van der Waals surface area (Å²) in [6, 6.07) is 29.9. The molecular weight excluding hydrogens is 364 g/mol. The number of carbonyl (C=O) groups excluding carboxylic acids is 1. The molecule has 3 nitrogen and oxygen atoms in total. The van der Waals surface area contributed by atoms with Crippen molar-refractivity contribution in [2.45, 2.75) is 24.9 Å². The third kappa shape index (κ3) is 3.43. The molecule has 3 aromatic carbocycles. The van der Waals surface area contributed by atoms with E-state index in [1.165, 1.54) is 0 Å². The monoisotopic (exact) mass is 386 g/mol. The molecule has 1 amide bonds. The summed E-state index contributed by atoms with van der Waals surface area (Å²) in [4.78, 5) is 15.3. The van der Waals surface area contributed by atoms with E-state index >= 15 is 0 Å². The molecule has 0 aromatic heterocycles. The van der Waals surface area contributed by atoms with Crippen molar-refractivity contribution in [3.63, 3.8) is 0 Å². The highest BCUT2D eigenvalue weighted by atomic mass is 32.1. The third-order valence-electron chi connectivity index (χ3n) is 5.30. The highest BCUT2D eigenvalue weighted by Gasteiger charge is 2.43. The topological polar surface area (TPSA) is 32.3 Å². The van der Waals surface area contributed by atoms with Gasteiger partial charge in [0.15, 0.2) is 5.11 Å². The standard InChI is InChI=1S/C24H22N2OS/c1-17(18-11-5-2-6-12-18)23(27)26-22(20-15-9-4-10-16-20)21(25-24(26)28)19-13-7-3-8-14-19/h2-17,21-22H,1H3,(H,25,28)/t17-,21-,22+/m1/s1. The molecular formula is C24H22N2OS. The van der Waals surface area contributed by atoms with E-state index in [9.17, 15) is 4.79 Å². The van der Waals surface area contributed by atoms with Gasteiger partial charge in [-0.1, -0.05) is 91.0 Å². The van der Waals surface area contributed by atoms with E-state index in [1.807, 2.05) is 73.7 Å². The molecule has 0 spiro atoms. The van der Waals surface area contributed by atoms with Crippen LogP contribution in [0.2, 0.25) is 0 Å². The summed E-state index contributed by atoms with van der Waals surface area (Å²) in [5, 5.41) is 3.87. The maximum atomic E-state index is 13.5. The molecule has 0 bridgehead atoms. The number of nitrogens with one attached hydrogen (secondary N) is 1. The van der Waals surface area contributed by atoms with Gasteiger partial charge in [0.2, 0.25) is 5.91 Å². The lowest BCUT2D eigenvalue weighted by Crippen LogP contribution is -2.38. The van der Waals surface area contributed by atoms with Crippen LogP contribution in [0.1, 0.15) is 41.6 Å². The quantitative estimate of drug-likeness (QED) is 0.641. The van der Waals surface area contributed by atoms with E-state index in [0.29, 0.717) is 5.11 Å². The summed E-state index contributed by atoms with van der Waals surface area (Å²) in [5.74, 6) is -0.266. The Labute approximate surface area is 171 Å². The minimum Gasteiger partial charge on any atom is -0.353 e. The first kappa shape index (κ1) is 18.4. The first-order valence-corrected chi connectivity index (χ1v) is 9.86. The van der Waals surface area contributed by atoms with Crippen molar-refractivity contribution in [3.05, 3.63) is 108 Å². The zero-order valence-electron chi connectivity index (χ0n) is 15.7. The minimum atomic E-state index is -0.276. The van der Waals surface area contributed by atoms with Crippen LogP contribution in [0.25, 0.3) is 0 Å². The summed E-state index contributed by atoms with van der Waals surface area (Å²) in [6.07, 6.45) is 0. The number of nitrogens with zero attached hydrogens (tertiary/aromatic N) is 1. The van der Waals surface area contributed by atoms with Crippen molar-refractivity contribution in [2.75, 3.05) is 0 Å². The number of carbonyl (C=O) groups is 1. The fourth-order valence-corrected chi connectivity index (χ4v) is 4.14. The molecule has 4 rings (SSSR count). The van der Waals surface area contributed by atoms with Crippen molar-refractivity contribution < 1.29 is 4.79 Å². The fraction of sp³-hybridized carbons (Fsp3) is 0.167. The zero-order valence-corrected chi connectivity index (χ0v) is 16.5. The lowest BCUT2D eigenvalue weighted by Gasteiger charge is -2.29. The van der Waals surface area contributed by atoms with Gasteiger partial charge in [-0.05, 0) is 35.8 Å². The largest absolute Gasteiger partial charge is 0.353 e. The number of thiocarbonyl (C=S) groups is 1. The lowest BCUT2D eigenvalue weighted by molar-refractivity contribution is -0.129. The number of hydrogen-bond donors (Lipinski definition) is 1.